The molecule has 4 nitrogen and oxygen atoms in total. The highest BCUT2D eigenvalue weighted by Crippen LogP contribution is 2.24. The van der Waals surface area contributed by atoms with E-state index in [0.29, 0.717) is 12.5 Å². The largest absolute Gasteiger partial charge is 0.327 e. The van der Waals surface area contributed by atoms with E-state index < -0.39 is 0 Å². The molecule has 1 saturated carbocycles. The number of anilines is 1. The van der Waals surface area contributed by atoms with Crippen molar-refractivity contribution in [3.8, 4) is 0 Å². The summed E-state index contributed by atoms with van der Waals surface area (Å²) in [4.78, 5) is 14.0. The van der Waals surface area contributed by atoms with Crippen LogP contribution in [0.1, 0.15) is 37.7 Å². The predicted molar refractivity (Wildman–Crippen MR) is 82.6 cm³/mol. The van der Waals surface area contributed by atoms with Crippen molar-refractivity contribution in [1.82, 2.24) is 4.90 Å². The molecule has 1 aliphatic carbocycles. The molecular formula is C16H25N3O. The van der Waals surface area contributed by atoms with Crippen LogP contribution in [-0.2, 0) is 6.54 Å². The second-order valence-corrected chi connectivity index (χ2v) is 5.72. The summed E-state index contributed by atoms with van der Waals surface area (Å²) in [6.45, 7) is 1.34. The Morgan fingerprint density at radius 2 is 2.10 bits per heavy atom. The van der Waals surface area contributed by atoms with Crippen molar-refractivity contribution in [2.45, 2.75) is 38.6 Å². The van der Waals surface area contributed by atoms with E-state index in [1.807, 2.05) is 31.3 Å². The van der Waals surface area contributed by atoms with Gasteiger partial charge in [-0.1, -0.05) is 31.4 Å². The number of nitrogens with two attached hydrogens (primary N) is 1. The third-order valence-corrected chi connectivity index (χ3v) is 4.02. The fraction of sp³-hybridized carbons (Fsp3) is 0.562. The lowest BCUT2D eigenvalue weighted by Gasteiger charge is -2.27. The van der Waals surface area contributed by atoms with Gasteiger partial charge >= 0.3 is 6.03 Å². The first-order valence-corrected chi connectivity index (χ1v) is 7.50. The van der Waals surface area contributed by atoms with Gasteiger partial charge in [-0.2, -0.15) is 0 Å². The van der Waals surface area contributed by atoms with E-state index >= 15 is 0 Å². The van der Waals surface area contributed by atoms with Crippen LogP contribution >= 0.6 is 0 Å². The SMILES string of the molecule is CN(CC1CCCCC1)C(=O)Nc1cccc(CN)c1. The summed E-state index contributed by atoms with van der Waals surface area (Å²) in [6.07, 6.45) is 6.45. The molecule has 2 rings (SSSR count). The maximum absolute atomic E-state index is 12.2. The molecule has 0 aliphatic heterocycles. The standard InChI is InChI=1S/C16H25N3O/c1-19(12-13-6-3-2-4-7-13)16(20)18-15-9-5-8-14(10-15)11-17/h5,8-10,13H,2-4,6-7,11-12,17H2,1H3,(H,18,20). The van der Waals surface area contributed by atoms with Gasteiger partial charge in [-0.15, -0.1) is 0 Å². The molecule has 0 unspecified atom stereocenters. The lowest BCUT2D eigenvalue weighted by molar-refractivity contribution is 0.205. The van der Waals surface area contributed by atoms with Gasteiger partial charge in [0, 0.05) is 25.8 Å². The number of carbonyl (C=O) groups excluding carboxylic acids is 1. The summed E-state index contributed by atoms with van der Waals surface area (Å²) < 4.78 is 0. The van der Waals surface area contributed by atoms with Gasteiger partial charge in [-0.05, 0) is 36.5 Å². The molecule has 1 aliphatic rings. The number of hydrogen-bond donors (Lipinski definition) is 2. The molecule has 0 aromatic heterocycles. The lowest BCUT2D eigenvalue weighted by Crippen LogP contribution is -2.35. The number of rotatable bonds is 4. The van der Waals surface area contributed by atoms with Crippen molar-refractivity contribution < 1.29 is 4.79 Å². The highest BCUT2D eigenvalue weighted by Gasteiger charge is 2.18. The second-order valence-electron chi connectivity index (χ2n) is 5.72. The van der Waals surface area contributed by atoms with Crippen LogP contribution in [0.25, 0.3) is 0 Å². The highest BCUT2D eigenvalue weighted by molar-refractivity contribution is 5.89. The van der Waals surface area contributed by atoms with Gasteiger partial charge < -0.3 is 16.0 Å². The summed E-state index contributed by atoms with van der Waals surface area (Å²) in [5.41, 5.74) is 7.45. The smallest absolute Gasteiger partial charge is 0.321 e. The van der Waals surface area contributed by atoms with E-state index in [9.17, 15) is 4.79 Å². The van der Waals surface area contributed by atoms with Gasteiger partial charge in [0.05, 0.1) is 0 Å². The van der Waals surface area contributed by atoms with Crippen molar-refractivity contribution in [3.63, 3.8) is 0 Å². The van der Waals surface area contributed by atoms with Crippen LogP contribution in [-0.4, -0.2) is 24.5 Å². The van der Waals surface area contributed by atoms with Crippen molar-refractivity contribution in [3.05, 3.63) is 29.8 Å². The van der Waals surface area contributed by atoms with Crippen LogP contribution in [0.15, 0.2) is 24.3 Å². The van der Waals surface area contributed by atoms with Gasteiger partial charge in [0.2, 0.25) is 0 Å². The number of urea groups is 1. The molecule has 0 spiro atoms. The molecule has 1 aromatic carbocycles. The normalized spacial score (nSPS) is 15.9. The van der Waals surface area contributed by atoms with Crippen LogP contribution in [0.4, 0.5) is 10.5 Å². The molecule has 1 fully saturated rings. The Balaban J connectivity index is 1.86. The average molecular weight is 275 g/mol. The zero-order chi connectivity index (χ0) is 14.4. The maximum Gasteiger partial charge on any atom is 0.321 e. The number of nitrogens with one attached hydrogen (secondary N) is 1. The quantitative estimate of drug-likeness (QED) is 0.886. The summed E-state index contributed by atoms with van der Waals surface area (Å²) >= 11 is 0. The summed E-state index contributed by atoms with van der Waals surface area (Å²) in [6, 6.07) is 7.66. The number of carbonyl (C=O) groups is 1. The van der Waals surface area contributed by atoms with Crippen LogP contribution in [0.5, 0.6) is 0 Å². The minimum Gasteiger partial charge on any atom is -0.327 e. The van der Waals surface area contributed by atoms with Crippen LogP contribution in [0.3, 0.4) is 0 Å². The predicted octanol–water partition coefficient (Wildman–Crippen LogP) is 3.19. The Hall–Kier alpha value is -1.55. The Morgan fingerprint density at radius 1 is 1.35 bits per heavy atom. The molecule has 20 heavy (non-hydrogen) atoms. The Kier molecular flexibility index (Phi) is 5.41. The molecule has 0 atom stereocenters. The Morgan fingerprint density at radius 3 is 2.80 bits per heavy atom. The molecule has 0 heterocycles. The molecule has 0 radical (unpaired) electrons. The van der Waals surface area contributed by atoms with Crippen molar-refractivity contribution in [1.29, 1.82) is 0 Å². The number of nitrogens with zero attached hydrogens (tertiary/aromatic N) is 1. The molecule has 3 N–H and O–H groups in total. The van der Waals surface area contributed by atoms with Crippen LogP contribution < -0.4 is 11.1 Å². The lowest BCUT2D eigenvalue weighted by atomic mass is 9.89. The number of amides is 2. The number of benzene rings is 1. The molecule has 110 valence electrons. The van der Waals surface area contributed by atoms with Gasteiger partial charge in [0.25, 0.3) is 0 Å². The third kappa shape index (κ3) is 4.23. The van der Waals surface area contributed by atoms with Crippen LogP contribution in [0, 0.1) is 5.92 Å². The topological polar surface area (TPSA) is 58.4 Å². The first-order chi connectivity index (χ1) is 9.69. The fourth-order valence-electron chi connectivity index (χ4n) is 2.83. The van der Waals surface area contributed by atoms with Crippen molar-refractivity contribution in [2.75, 3.05) is 18.9 Å². The molecule has 0 bridgehead atoms. The van der Waals surface area contributed by atoms with Crippen LogP contribution in [0.2, 0.25) is 0 Å². The van der Waals surface area contributed by atoms with Crippen molar-refractivity contribution >= 4 is 11.7 Å². The summed E-state index contributed by atoms with van der Waals surface area (Å²) in [7, 11) is 1.87. The zero-order valence-corrected chi connectivity index (χ0v) is 12.3. The minimum atomic E-state index is -0.0373. The fourth-order valence-corrected chi connectivity index (χ4v) is 2.83. The molecule has 1 aromatic rings. The molecule has 2 amide bonds. The van der Waals surface area contributed by atoms with Gasteiger partial charge in [-0.3, -0.25) is 0 Å². The van der Waals surface area contributed by atoms with Gasteiger partial charge in [0.1, 0.15) is 0 Å². The average Bonchev–Trinajstić information content (AvgIpc) is 2.48. The summed E-state index contributed by atoms with van der Waals surface area (Å²) in [5, 5.41) is 2.94. The molecule has 4 heteroatoms. The Labute approximate surface area is 121 Å². The third-order valence-electron chi connectivity index (χ3n) is 4.02. The van der Waals surface area contributed by atoms with E-state index in [2.05, 4.69) is 5.32 Å². The molecule has 0 saturated heterocycles. The van der Waals surface area contributed by atoms with E-state index in [1.165, 1.54) is 32.1 Å². The zero-order valence-electron chi connectivity index (χ0n) is 12.3. The number of hydrogen-bond acceptors (Lipinski definition) is 2. The van der Waals surface area contributed by atoms with E-state index in [4.69, 9.17) is 5.73 Å². The second kappa shape index (κ2) is 7.29. The highest BCUT2D eigenvalue weighted by atomic mass is 16.2. The first-order valence-electron chi connectivity index (χ1n) is 7.50. The monoisotopic (exact) mass is 275 g/mol. The Bertz CT molecular complexity index is 441. The van der Waals surface area contributed by atoms with E-state index in [1.54, 1.807) is 4.90 Å². The molecular weight excluding hydrogens is 250 g/mol. The van der Waals surface area contributed by atoms with E-state index in [0.717, 1.165) is 17.8 Å². The van der Waals surface area contributed by atoms with E-state index in [-0.39, 0.29) is 6.03 Å². The maximum atomic E-state index is 12.2. The summed E-state index contributed by atoms with van der Waals surface area (Å²) in [5.74, 6) is 0.662. The van der Waals surface area contributed by atoms with Gasteiger partial charge in [-0.25, -0.2) is 4.79 Å². The van der Waals surface area contributed by atoms with Crippen molar-refractivity contribution in [2.24, 2.45) is 11.7 Å². The minimum absolute atomic E-state index is 0.0373. The van der Waals surface area contributed by atoms with Gasteiger partial charge in [0.15, 0.2) is 0 Å². The first kappa shape index (κ1) is 14.9.